The maximum absolute atomic E-state index is 12.5. The molecule has 5 nitrogen and oxygen atoms in total. The standard InChI is InChI=1S/C19H18F3NO4/c1-27-16-11-14(18(25)26)5-4-13(16)8-9-23-17(24)10-12-2-6-15(7-3-12)19(20,21)22/h2-7,11H,8-10H2,1H3,(H,23,24)(H,25,26). The Morgan fingerprint density at radius 3 is 2.33 bits per heavy atom. The van der Waals surface area contributed by atoms with E-state index in [1.807, 2.05) is 0 Å². The van der Waals surface area contributed by atoms with Crippen molar-refractivity contribution < 1.29 is 32.6 Å². The first kappa shape index (κ1) is 20.3. The van der Waals surface area contributed by atoms with Gasteiger partial charge in [-0.25, -0.2) is 4.79 Å². The summed E-state index contributed by atoms with van der Waals surface area (Å²) < 4.78 is 42.7. The van der Waals surface area contributed by atoms with Gasteiger partial charge in [0.15, 0.2) is 0 Å². The first-order valence-electron chi connectivity index (χ1n) is 8.03. The number of alkyl halides is 3. The summed E-state index contributed by atoms with van der Waals surface area (Å²) in [5.74, 6) is -0.979. The molecule has 8 heteroatoms. The van der Waals surface area contributed by atoms with Crippen LogP contribution in [-0.4, -0.2) is 30.6 Å². The third-order valence-electron chi connectivity index (χ3n) is 3.90. The lowest BCUT2D eigenvalue weighted by molar-refractivity contribution is -0.137. The van der Waals surface area contributed by atoms with Crippen LogP contribution in [0.15, 0.2) is 42.5 Å². The van der Waals surface area contributed by atoms with E-state index in [0.29, 0.717) is 17.7 Å². The summed E-state index contributed by atoms with van der Waals surface area (Å²) >= 11 is 0. The number of carbonyl (C=O) groups excluding carboxylic acids is 1. The van der Waals surface area contributed by atoms with Crippen molar-refractivity contribution in [2.45, 2.75) is 19.0 Å². The highest BCUT2D eigenvalue weighted by molar-refractivity contribution is 5.88. The number of carboxylic acids is 1. The monoisotopic (exact) mass is 381 g/mol. The number of halogens is 3. The van der Waals surface area contributed by atoms with Crippen molar-refractivity contribution in [3.8, 4) is 5.75 Å². The molecule has 2 aromatic carbocycles. The third kappa shape index (κ3) is 5.73. The van der Waals surface area contributed by atoms with Gasteiger partial charge in [-0.1, -0.05) is 18.2 Å². The van der Waals surface area contributed by atoms with Crippen LogP contribution in [0.5, 0.6) is 5.75 Å². The highest BCUT2D eigenvalue weighted by Crippen LogP contribution is 2.29. The molecular weight excluding hydrogens is 363 g/mol. The second-order valence-electron chi connectivity index (χ2n) is 5.80. The van der Waals surface area contributed by atoms with Crippen molar-refractivity contribution in [3.05, 3.63) is 64.7 Å². The van der Waals surface area contributed by atoms with Gasteiger partial charge in [0.05, 0.1) is 24.7 Å². The van der Waals surface area contributed by atoms with Crippen LogP contribution in [-0.2, 0) is 23.8 Å². The fraction of sp³-hybridized carbons (Fsp3) is 0.263. The first-order chi connectivity index (χ1) is 12.7. The van der Waals surface area contributed by atoms with Crippen LogP contribution < -0.4 is 10.1 Å². The number of aromatic carboxylic acids is 1. The van der Waals surface area contributed by atoms with E-state index in [1.165, 1.54) is 31.4 Å². The number of hydrogen-bond acceptors (Lipinski definition) is 3. The van der Waals surface area contributed by atoms with E-state index in [9.17, 15) is 22.8 Å². The summed E-state index contributed by atoms with van der Waals surface area (Å²) in [5.41, 5.74) is 0.548. The van der Waals surface area contributed by atoms with E-state index in [1.54, 1.807) is 6.07 Å². The van der Waals surface area contributed by atoms with E-state index < -0.39 is 17.7 Å². The minimum Gasteiger partial charge on any atom is -0.496 e. The van der Waals surface area contributed by atoms with E-state index >= 15 is 0 Å². The van der Waals surface area contributed by atoms with Gasteiger partial charge in [-0.2, -0.15) is 13.2 Å². The summed E-state index contributed by atoms with van der Waals surface area (Å²) in [7, 11) is 1.42. The molecule has 0 aliphatic heterocycles. The Morgan fingerprint density at radius 1 is 1.11 bits per heavy atom. The highest BCUT2D eigenvalue weighted by Gasteiger charge is 2.29. The zero-order valence-corrected chi connectivity index (χ0v) is 14.5. The largest absolute Gasteiger partial charge is 0.496 e. The summed E-state index contributed by atoms with van der Waals surface area (Å²) in [5, 5.41) is 11.7. The Labute approximate surface area is 153 Å². The molecular formula is C19H18F3NO4. The van der Waals surface area contributed by atoms with Gasteiger partial charge in [0.25, 0.3) is 0 Å². The predicted molar refractivity (Wildman–Crippen MR) is 91.8 cm³/mol. The Bertz CT molecular complexity index is 817. The highest BCUT2D eigenvalue weighted by atomic mass is 19.4. The molecule has 0 heterocycles. The Morgan fingerprint density at radius 2 is 1.78 bits per heavy atom. The Balaban J connectivity index is 1.88. The molecule has 144 valence electrons. The van der Waals surface area contributed by atoms with E-state index in [4.69, 9.17) is 9.84 Å². The van der Waals surface area contributed by atoms with Gasteiger partial charge in [0.1, 0.15) is 5.75 Å². The molecule has 0 bridgehead atoms. The molecule has 0 aliphatic rings. The van der Waals surface area contributed by atoms with Gasteiger partial charge in [-0.3, -0.25) is 4.79 Å². The molecule has 0 saturated heterocycles. The van der Waals surface area contributed by atoms with Crippen molar-refractivity contribution >= 4 is 11.9 Å². The molecule has 0 aromatic heterocycles. The number of nitrogens with one attached hydrogen (secondary N) is 1. The average Bonchev–Trinajstić information content (AvgIpc) is 2.61. The van der Waals surface area contributed by atoms with Crippen LogP contribution in [0.1, 0.15) is 27.0 Å². The third-order valence-corrected chi connectivity index (χ3v) is 3.90. The van der Waals surface area contributed by atoms with Crippen molar-refractivity contribution in [2.75, 3.05) is 13.7 Å². The van der Waals surface area contributed by atoms with E-state index in [0.717, 1.165) is 17.7 Å². The molecule has 2 N–H and O–H groups in total. The number of carboxylic acid groups (broad SMARTS) is 1. The summed E-state index contributed by atoms with van der Waals surface area (Å²) in [6.45, 7) is 0.280. The Kier molecular flexibility index (Phi) is 6.44. The topological polar surface area (TPSA) is 75.6 Å². The van der Waals surface area contributed by atoms with Crippen LogP contribution in [0.4, 0.5) is 13.2 Å². The second-order valence-corrected chi connectivity index (χ2v) is 5.80. The lowest BCUT2D eigenvalue weighted by Crippen LogP contribution is -2.27. The lowest BCUT2D eigenvalue weighted by Gasteiger charge is -2.11. The number of rotatable bonds is 7. The van der Waals surface area contributed by atoms with Crippen LogP contribution in [0.3, 0.4) is 0 Å². The molecule has 0 atom stereocenters. The summed E-state index contributed by atoms with van der Waals surface area (Å²) in [4.78, 5) is 22.9. The minimum absolute atomic E-state index is 0.0345. The SMILES string of the molecule is COc1cc(C(=O)O)ccc1CCNC(=O)Cc1ccc(C(F)(F)F)cc1. The molecule has 1 amide bonds. The number of carbonyl (C=O) groups is 2. The number of amides is 1. The van der Waals surface area contributed by atoms with Crippen molar-refractivity contribution in [1.82, 2.24) is 5.32 Å². The normalized spacial score (nSPS) is 11.1. The molecule has 2 rings (SSSR count). The van der Waals surface area contributed by atoms with Gasteiger partial charge >= 0.3 is 12.1 Å². The maximum atomic E-state index is 12.5. The molecule has 0 aliphatic carbocycles. The second kappa shape index (κ2) is 8.57. The van der Waals surface area contributed by atoms with Crippen molar-refractivity contribution in [3.63, 3.8) is 0 Å². The molecule has 2 aromatic rings. The van der Waals surface area contributed by atoms with Crippen LogP contribution in [0, 0.1) is 0 Å². The van der Waals surface area contributed by atoms with Gasteiger partial charge in [-0.05, 0) is 41.8 Å². The molecule has 0 fully saturated rings. The summed E-state index contributed by atoms with van der Waals surface area (Å²) in [6.07, 6.45) is -4.02. The van der Waals surface area contributed by atoms with Crippen LogP contribution in [0.25, 0.3) is 0 Å². The van der Waals surface area contributed by atoms with Crippen LogP contribution >= 0.6 is 0 Å². The average molecular weight is 381 g/mol. The van der Waals surface area contributed by atoms with Gasteiger partial charge in [-0.15, -0.1) is 0 Å². The zero-order chi connectivity index (χ0) is 20.0. The molecule has 0 saturated carbocycles. The number of benzene rings is 2. The van der Waals surface area contributed by atoms with Crippen LogP contribution in [0.2, 0.25) is 0 Å². The first-order valence-corrected chi connectivity index (χ1v) is 8.03. The number of ether oxygens (including phenoxy) is 1. The lowest BCUT2D eigenvalue weighted by atomic mass is 10.1. The maximum Gasteiger partial charge on any atom is 0.416 e. The Hall–Kier alpha value is -3.03. The summed E-state index contributed by atoms with van der Waals surface area (Å²) in [6, 6.07) is 8.90. The van der Waals surface area contributed by atoms with Crippen molar-refractivity contribution in [1.29, 1.82) is 0 Å². The quantitative estimate of drug-likeness (QED) is 0.772. The van der Waals surface area contributed by atoms with Gasteiger partial charge in [0.2, 0.25) is 5.91 Å². The molecule has 0 unspecified atom stereocenters. The van der Waals surface area contributed by atoms with Crippen molar-refractivity contribution in [2.24, 2.45) is 0 Å². The predicted octanol–water partition coefficient (Wildman–Crippen LogP) is 3.31. The molecule has 0 spiro atoms. The zero-order valence-electron chi connectivity index (χ0n) is 14.5. The van der Waals surface area contributed by atoms with Gasteiger partial charge in [0, 0.05) is 6.54 Å². The van der Waals surface area contributed by atoms with Gasteiger partial charge < -0.3 is 15.2 Å². The molecule has 27 heavy (non-hydrogen) atoms. The number of hydrogen-bond donors (Lipinski definition) is 2. The smallest absolute Gasteiger partial charge is 0.416 e. The fourth-order valence-electron chi connectivity index (χ4n) is 2.48. The van der Waals surface area contributed by atoms with E-state index in [-0.39, 0.29) is 24.4 Å². The fourth-order valence-corrected chi connectivity index (χ4v) is 2.48. The molecule has 0 radical (unpaired) electrons. The number of methoxy groups -OCH3 is 1. The van der Waals surface area contributed by atoms with E-state index in [2.05, 4.69) is 5.32 Å². The minimum atomic E-state index is -4.41.